The summed E-state index contributed by atoms with van der Waals surface area (Å²) in [5.41, 5.74) is 1.04. The van der Waals surface area contributed by atoms with Crippen LogP contribution in [0.4, 0.5) is 0 Å². The fraction of sp³-hybridized carbons (Fsp3) is 0.600. The Morgan fingerprint density at radius 2 is 1.94 bits per heavy atom. The third kappa shape index (κ3) is 2.68. The van der Waals surface area contributed by atoms with Gasteiger partial charge >= 0.3 is 0 Å². The highest BCUT2D eigenvalue weighted by Gasteiger charge is 2.38. The maximum atomic E-state index is 10.6. The lowest BCUT2D eigenvalue weighted by Crippen LogP contribution is -2.33. The Morgan fingerprint density at radius 1 is 1.28 bits per heavy atom. The van der Waals surface area contributed by atoms with Gasteiger partial charge in [-0.05, 0) is 36.3 Å². The summed E-state index contributed by atoms with van der Waals surface area (Å²) < 4.78 is 0. The van der Waals surface area contributed by atoms with Gasteiger partial charge in [-0.25, -0.2) is 0 Å². The first-order chi connectivity index (χ1) is 8.59. The lowest BCUT2D eigenvalue weighted by atomic mass is 9.76. The summed E-state index contributed by atoms with van der Waals surface area (Å²) in [5.74, 6) is 0. The molecule has 1 aromatic rings. The summed E-state index contributed by atoms with van der Waals surface area (Å²) in [6.45, 7) is 2.17. The molecule has 100 valence electrons. The van der Waals surface area contributed by atoms with E-state index in [4.69, 9.17) is 23.2 Å². The minimum absolute atomic E-state index is 0.0889. The van der Waals surface area contributed by atoms with E-state index in [1.807, 2.05) is 12.1 Å². The van der Waals surface area contributed by atoms with E-state index in [1.165, 1.54) is 12.8 Å². The molecule has 0 heterocycles. The predicted molar refractivity (Wildman–Crippen MR) is 77.4 cm³/mol. The van der Waals surface area contributed by atoms with E-state index in [9.17, 15) is 5.11 Å². The van der Waals surface area contributed by atoms with Crippen LogP contribution in [-0.4, -0.2) is 11.2 Å². The lowest BCUT2D eigenvalue weighted by Gasteiger charge is -2.33. The van der Waals surface area contributed by atoms with Gasteiger partial charge in [0.15, 0.2) is 0 Å². The van der Waals surface area contributed by atoms with Gasteiger partial charge < -0.3 is 5.11 Å². The average molecular weight is 287 g/mol. The lowest BCUT2D eigenvalue weighted by molar-refractivity contribution is 0.0257. The summed E-state index contributed by atoms with van der Waals surface area (Å²) in [7, 11) is 0. The highest BCUT2D eigenvalue weighted by Crippen LogP contribution is 2.45. The van der Waals surface area contributed by atoms with Crippen molar-refractivity contribution in [3.8, 4) is 0 Å². The third-order valence-corrected chi connectivity index (χ3v) is 5.31. The van der Waals surface area contributed by atoms with Gasteiger partial charge in [0.2, 0.25) is 0 Å². The minimum atomic E-state index is -0.319. The zero-order valence-corrected chi connectivity index (χ0v) is 12.3. The molecule has 0 aliphatic heterocycles. The number of rotatable bonds is 4. The molecular formula is C15H20Cl2O. The van der Waals surface area contributed by atoms with E-state index in [1.54, 1.807) is 6.07 Å². The monoisotopic (exact) mass is 286 g/mol. The summed E-state index contributed by atoms with van der Waals surface area (Å²) in [4.78, 5) is 0. The van der Waals surface area contributed by atoms with Gasteiger partial charge in [0.05, 0.1) is 16.1 Å². The molecule has 1 saturated carbocycles. The Morgan fingerprint density at radius 3 is 2.56 bits per heavy atom. The zero-order valence-electron chi connectivity index (χ0n) is 10.8. The molecule has 1 N–H and O–H groups in total. The first kappa shape index (κ1) is 14.2. The number of hydrogen-bond donors (Lipinski definition) is 1. The molecule has 0 bridgehead atoms. The molecule has 18 heavy (non-hydrogen) atoms. The molecule has 1 fully saturated rings. The first-order valence-corrected chi connectivity index (χ1v) is 7.45. The second-order valence-corrected chi connectivity index (χ2v) is 6.14. The van der Waals surface area contributed by atoms with E-state index >= 15 is 0 Å². The van der Waals surface area contributed by atoms with Crippen LogP contribution in [0, 0.1) is 5.41 Å². The SMILES string of the molecule is CCC1(C(O)Cc2cccc(Cl)c2Cl)CCCC1. The Bertz CT molecular complexity index is 411. The molecule has 1 aliphatic rings. The summed E-state index contributed by atoms with van der Waals surface area (Å²) in [6, 6.07) is 5.63. The van der Waals surface area contributed by atoms with Crippen LogP contribution in [-0.2, 0) is 6.42 Å². The van der Waals surface area contributed by atoms with Gasteiger partial charge in [-0.2, -0.15) is 0 Å². The zero-order chi connectivity index (χ0) is 13.2. The van der Waals surface area contributed by atoms with Crippen molar-refractivity contribution in [2.45, 2.75) is 51.6 Å². The average Bonchev–Trinajstić information content (AvgIpc) is 2.85. The minimum Gasteiger partial charge on any atom is -0.392 e. The number of aliphatic hydroxyl groups excluding tert-OH is 1. The molecule has 0 aromatic heterocycles. The Labute approximate surface area is 119 Å². The summed E-state index contributed by atoms with van der Waals surface area (Å²) >= 11 is 12.2. The molecule has 1 aromatic carbocycles. The molecule has 1 nitrogen and oxygen atoms in total. The van der Waals surface area contributed by atoms with Crippen molar-refractivity contribution in [2.75, 3.05) is 0 Å². The first-order valence-electron chi connectivity index (χ1n) is 6.70. The number of hydrogen-bond acceptors (Lipinski definition) is 1. The normalized spacial score (nSPS) is 20.0. The van der Waals surface area contributed by atoms with Gasteiger partial charge in [0.25, 0.3) is 0 Å². The molecule has 3 heteroatoms. The second kappa shape index (κ2) is 5.81. The van der Waals surface area contributed by atoms with Crippen LogP contribution in [0.15, 0.2) is 18.2 Å². The molecule has 0 radical (unpaired) electrons. The van der Waals surface area contributed by atoms with Crippen molar-refractivity contribution in [2.24, 2.45) is 5.41 Å². The fourth-order valence-corrected chi connectivity index (χ4v) is 3.53. The van der Waals surface area contributed by atoms with Gasteiger partial charge in [-0.1, -0.05) is 55.1 Å². The molecule has 1 aliphatic carbocycles. The van der Waals surface area contributed by atoms with Gasteiger partial charge in [0.1, 0.15) is 0 Å². The van der Waals surface area contributed by atoms with E-state index in [0.717, 1.165) is 24.8 Å². The van der Waals surface area contributed by atoms with Crippen LogP contribution in [0.5, 0.6) is 0 Å². The maximum Gasteiger partial charge on any atom is 0.0637 e. The number of halogens is 2. The summed E-state index contributed by atoms with van der Waals surface area (Å²) in [6.07, 6.45) is 6.04. The smallest absolute Gasteiger partial charge is 0.0637 e. The largest absolute Gasteiger partial charge is 0.392 e. The van der Waals surface area contributed by atoms with Crippen LogP contribution < -0.4 is 0 Å². The molecule has 0 spiro atoms. The van der Waals surface area contributed by atoms with Gasteiger partial charge in [-0.3, -0.25) is 0 Å². The van der Waals surface area contributed by atoms with E-state index in [-0.39, 0.29) is 11.5 Å². The molecule has 0 saturated heterocycles. The maximum absolute atomic E-state index is 10.6. The van der Waals surface area contributed by atoms with Crippen LogP contribution in [0.1, 0.15) is 44.6 Å². The number of aliphatic hydroxyl groups is 1. The van der Waals surface area contributed by atoms with Gasteiger partial charge in [0, 0.05) is 6.42 Å². The highest BCUT2D eigenvalue weighted by molar-refractivity contribution is 6.42. The molecule has 1 unspecified atom stereocenters. The molecule has 1 atom stereocenters. The molecule has 2 rings (SSSR count). The van der Waals surface area contributed by atoms with Crippen LogP contribution >= 0.6 is 23.2 Å². The Kier molecular flexibility index (Phi) is 4.58. The van der Waals surface area contributed by atoms with E-state index in [0.29, 0.717) is 16.5 Å². The quantitative estimate of drug-likeness (QED) is 0.837. The van der Waals surface area contributed by atoms with E-state index < -0.39 is 0 Å². The topological polar surface area (TPSA) is 20.2 Å². The van der Waals surface area contributed by atoms with Crippen molar-refractivity contribution >= 4 is 23.2 Å². The van der Waals surface area contributed by atoms with Crippen molar-refractivity contribution in [1.82, 2.24) is 0 Å². The predicted octanol–water partition coefficient (Wildman–Crippen LogP) is 4.87. The summed E-state index contributed by atoms with van der Waals surface area (Å²) in [5, 5.41) is 11.7. The van der Waals surface area contributed by atoms with Crippen molar-refractivity contribution < 1.29 is 5.11 Å². The van der Waals surface area contributed by atoms with Crippen LogP contribution in [0.2, 0.25) is 10.0 Å². The van der Waals surface area contributed by atoms with Gasteiger partial charge in [-0.15, -0.1) is 0 Å². The molecule has 0 amide bonds. The molecular weight excluding hydrogens is 267 g/mol. The Hall–Kier alpha value is -0.240. The van der Waals surface area contributed by atoms with Crippen molar-refractivity contribution in [3.63, 3.8) is 0 Å². The standard InChI is InChI=1S/C15H20Cl2O/c1-2-15(8-3-4-9-15)13(18)10-11-6-5-7-12(16)14(11)17/h5-7,13,18H,2-4,8-10H2,1H3. The van der Waals surface area contributed by atoms with Crippen molar-refractivity contribution in [3.05, 3.63) is 33.8 Å². The number of benzene rings is 1. The van der Waals surface area contributed by atoms with Crippen LogP contribution in [0.25, 0.3) is 0 Å². The third-order valence-electron chi connectivity index (χ3n) is 4.46. The fourth-order valence-electron chi connectivity index (χ4n) is 3.13. The highest BCUT2D eigenvalue weighted by atomic mass is 35.5. The Balaban J connectivity index is 2.15. The van der Waals surface area contributed by atoms with Crippen molar-refractivity contribution in [1.29, 1.82) is 0 Å². The van der Waals surface area contributed by atoms with E-state index in [2.05, 4.69) is 6.92 Å². The second-order valence-electron chi connectivity index (χ2n) is 5.36. The van der Waals surface area contributed by atoms with Crippen LogP contribution in [0.3, 0.4) is 0 Å².